The zero-order chi connectivity index (χ0) is 8.32. The molecule has 0 spiro atoms. The van der Waals surface area contributed by atoms with Gasteiger partial charge >= 0.3 is 19.5 Å². The van der Waals surface area contributed by atoms with Crippen LogP contribution >= 0.6 is 7.82 Å². The van der Waals surface area contributed by atoms with Crippen LogP contribution < -0.4 is 15.1 Å². The average Bonchev–Trinajstić information content (AvgIpc) is 1.85. The van der Waals surface area contributed by atoms with Gasteiger partial charge in [-0.25, -0.2) is 0 Å². The van der Waals surface area contributed by atoms with E-state index < -0.39 is 7.82 Å². The zero-order valence-corrected chi connectivity index (χ0v) is 10.4. The van der Waals surface area contributed by atoms with Gasteiger partial charge < -0.3 is 19.7 Å². The van der Waals surface area contributed by atoms with Gasteiger partial charge in [0.15, 0.2) is 0 Å². The van der Waals surface area contributed by atoms with E-state index >= 15 is 0 Å². The summed E-state index contributed by atoms with van der Waals surface area (Å²) in [4.78, 5) is 20.2. The van der Waals surface area contributed by atoms with Crippen molar-refractivity contribution < 1.29 is 38.5 Å². The Morgan fingerprint density at radius 1 is 1.33 bits per heavy atom. The number of hydroxylamine groups is 2. The minimum atomic E-state index is -4.84. The first-order chi connectivity index (χ1) is 5.08. The maximum atomic E-state index is 10.1. The van der Waals surface area contributed by atoms with Crippen LogP contribution in [0.5, 0.6) is 0 Å². The van der Waals surface area contributed by atoms with Crippen LogP contribution in [-0.4, -0.2) is 31.2 Å². The average molecular weight is 245 g/mol. The third-order valence-corrected chi connectivity index (χ3v) is 1.72. The van der Waals surface area contributed by atoms with Gasteiger partial charge in [0, 0.05) is 26.2 Å². The molecule has 1 aliphatic rings. The Morgan fingerprint density at radius 3 is 2.25 bits per heavy atom. The van der Waals surface area contributed by atoms with Crippen molar-refractivity contribution in [1.29, 1.82) is 0 Å². The van der Waals surface area contributed by atoms with Crippen LogP contribution in [-0.2, 0) is 28.7 Å². The molecule has 66 valence electrons. The van der Waals surface area contributed by atoms with E-state index in [0.29, 0.717) is 26.2 Å². The summed E-state index contributed by atoms with van der Waals surface area (Å²) in [6.45, 7) is 2.13. The van der Waals surface area contributed by atoms with E-state index in [2.05, 4.69) is 9.94 Å². The van der Waals surface area contributed by atoms with Crippen molar-refractivity contribution in [3.8, 4) is 0 Å². The third kappa shape index (κ3) is 5.33. The van der Waals surface area contributed by atoms with E-state index in [1.165, 1.54) is 0 Å². The maximum absolute atomic E-state index is 10.1. The first kappa shape index (κ1) is 12.7. The maximum Gasteiger partial charge on any atom is 2.00 e. The second-order valence-electron chi connectivity index (χ2n) is 2.21. The molecule has 1 saturated heterocycles. The molecule has 0 unspecified atom stereocenters. The van der Waals surface area contributed by atoms with E-state index in [1.54, 1.807) is 0 Å². The summed E-state index contributed by atoms with van der Waals surface area (Å²) in [6.07, 6.45) is 0. The second-order valence-corrected chi connectivity index (χ2v) is 3.27. The summed E-state index contributed by atoms with van der Waals surface area (Å²) in [6, 6.07) is 0. The molecule has 1 aliphatic heterocycles. The van der Waals surface area contributed by atoms with E-state index in [-0.39, 0.29) is 19.5 Å². The Hall–Kier alpha value is 0.653. The smallest absolute Gasteiger partial charge is 0.788 e. The fourth-order valence-electron chi connectivity index (χ4n) is 0.867. The summed E-state index contributed by atoms with van der Waals surface area (Å²) in [5, 5.41) is 4.14. The third-order valence-electron chi connectivity index (χ3n) is 1.29. The summed E-state index contributed by atoms with van der Waals surface area (Å²) < 4.78 is 14.2. The quantitative estimate of drug-likeness (QED) is 0.433. The van der Waals surface area contributed by atoms with Crippen molar-refractivity contribution in [3.05, 3.63) is 0 Å². The predicted molar refractivity (Wildman–Crippen MR) is 33.1 cm³/mol. The molecule has 8 heteroatoms. The van der Waals surface area contributed by atoms with Gasteiger partial charge in [-0.3, -0.25) is 4.62 Å². The number of hydrogen-bond acceptors (Lipinski definition) is 6. The van der Waals surface area contributed by atoms with Crippen LogP contribution in [0.15, 0.2) is 0 Å². The van der Waals surface area contributed by atoms with Gasteiger partial charge in [-0.05, 0) is 0 Å². The normalized spacial score (nSPS) is 20.2. The van der Waals surface area contributed by atoms with Crippen LogP contribution in [0.25, 0.3) is 0 Å². The SMILES string of the molecule is O=P([O-])([O-])ON1CCNCC1.[Zn+2]. The first-order valence-electron chi connectivity index (χ1n) is 3.25. The minimum Gasteiger partial charge on any atom is -0.788 e. The van der Waals surface area contributed by atoms with Gasteiger partial charge in [0.2, 0.25) is 0 Å². The standard InChI is InChI=1S/C4H11N2O4P.Zn/c7-11(8,9)10-6-3-1-5-2-4-6;/h5H,1-4H2,(H2,7,8,9);/q;+2/p-2. The topological polar surface area (TPSA) is 87.7 Å². The molecule has 1 N–H and O–H groups in total. The number of piperazine rings is 1. The Morgan fingerprint density at radius 2 is 1.83 bits per heavy atom. The Bertz CT molecular complexity index is 168. The molecule has 0 atom stereocenters. The molecule has 0 saturated carbocycles. The molecule has 0 aromatic rings. The van der Waals surface area contributed by atoms with Gasteiger partial charge in [-0.1, -0.05) is 0 Å². The monoisotopic (exact) mass is 244 g/mol. The predicted octanol–water partition coefficient (Wildman–Crippen LogP) is -2.35. The molecular weight excluding hydrogens is 236 g/mol. The molecular formula is C4H9N2O4PZn. The molecule has 1 heterocycles. The van der Waals surface area contributed by atoms with Crippen molar-refractivity contribution in [1.82, 2.24) is 10.4 Å². The molecule has 0 aromatic carbocycles. The molecule has 6 nitrogen and oxygen atoms in total. The largest absolute Gasteiger partial charge is 2.00 e. The van der Waals surface area contributed by atoms with Crippen molar-refractivity contribution >= 4 is 7.82 Å². The molecule has 0 aromatic heterocycles. The van der Waals surface area contributed by atoms with Crippen molar-refractivity contribution in [2.24, 2.45) is 0 Å². The summed E-state index contributed by atoms with van der Waals surface area (Å²) in [5.74, 6) is 0. The van der Waals surface area contributed by atoms with E-state index in [9.17, 15) is 14.4 Å². The molecule has 0 bridgehead atoms. The first-order valence-corrected chi connectivity index (χ1v) is 4.71. The molecule has 0 radical (unpaired) electrons. The zero-order valence-electron chi connectivity index (χ0n) is 6.56. The van der Waals surface area contributed by atoms with Crippen LogP contribution in [0.2, 0.25) is 0 Å². The van der Waals surface area contributed by atoms with Crippen LogP contribution in [0, 0.1) is 0 Å². The Labute approximate surface area is 83.2 Å². The molecule has 0 amide bonds. The molecule has 1 rings (SSSR count). The van der Waals surface area contributed by atoms with Crippen molar-refractivity contribution in [3.63, 3.8) is 0 Å². The van der Waals surface area contributed by atoms with E-state index in [0.717, 1.165) is 5.06 Å². The number of nitrogens with zero attached hydrogens (tertiary/aromatic N) is 1. The van der Waals surface area contributed by atoms with Gasteiger partial charge in [-0.2, -0.15) is 5.06 Å². The molecule has 1 fully saturated rings. The van der Waals surface area contributed by atoms with E-state index in [4.69, 9.17) is 0 Å². The summed E-state index contributed by atoms with van der Waals surface area (Å²) >= 11 is 0. The Balaban J connectivity index is 0.00000121. The van der Waals surface area contributed by atoms with Gasteiger partial charge in [0.1, 0.15) is 0 Å². The number of rotatable bonds is 2. The molecule has 12 heavy (non-hydrogen) atoms. The van der Waals surface area contributed by atoms with Gasteiger partial charge in [-0.15, -0.1) is 0 Å². The number of phosphoric acid groups is 1. The van der Waals surface area contributed by atoms with E-state index in [1.807, 2.05) is 0 Å². The van der Waals surface area contributed by atoms with Gasteiger partial charge in [0.05, 0.1) is 7.82 Å². The minimum absolute atomic E-state index is 0. The summed E-state index contributed by atoms with van der Waals surface area (Å²) in [5.41, 5.74) is 0. The summed E-state index contributed by atoms with van der Waals surface area (Å²) in [7, 11) is -4.84. The number of nitrogens with one attached hydrogen (secondary N) is 1. The fourth-order valence-corrected chi connectivity index (χ4v) is 1.31. The van der Waals surface area contributed by atoms with Crippen LogP contribution in [0.3, 0.4) is 0 Å². The van der Waals surface area contributed by atoms with Crippen LogP contribution in [0.1, 0.15) is 0 Å². The van der Waals surface area contributed by atoms with Crippen molar-refractivity contribution in [2.45, 2.75) is 0 Å². The molecule has 0 aliphatic carbocycles. The van der Waals surface area contributed by atoms with Gasteiger partial charge in [0.25, 0.3) is 0 Å². The number of hydrogen-bond donors (Lipinski definition) is 1. The Kier molecular flexibility index (Phi) is 5.69. The van der Waals surface area contributed by atoms with Crippen LogP contribution in [0.4, 0.5) is 0 Å². The fraction of sp³-hybridized carbons (Fsp3) is 1.00. The van der Waals surface area contributed by atoms with Crippen molar-refractivity contribution in [2.75, 3.05) is 26.2 Å². The second kappa shape index (κ2) is 5.40.